The Morgan fingerprint density at radius 3 is 2.45 bits per heavy atom. The van der Waals surface area contributed by atoms with Crippen molar-refractivity contribution in [2.24, 2.45) is 0 Å². The lowest BCUT2D eigenvalue weighted by atomic mass is 10.1. The molecule has 5 heteroatoms. The van der Waals surface area contributed by atoms with Crippen LogP contribution in [0.1, 0.15) is 19.4 Å². The molecular formula is C17H17Br2NO2. The predicted molar refractivity (Wildman–Crippen MR) is 96.4 cm³/mol. The molecule has 1 N–H and O–H groups in total. The van der Waals surface area contributed by atoms with E-state index in [0.717, 1.165) is 21.1 Å². The zero-order valence-electron chi connectivity index (χ0n) is 12.4. The number of anilines is 1. The minimum Gasteiger partial charge on any atom is -0.480 e. The standard InChI is InChI=1S/C17H17Br2NO2/c1-3-12-4-7-14(8-5-12)20-17(21)11(2)22-16-9-6-13(18)10-15(16)19/h4-11H,3H2,1-2H3,(H,20,21)/t11-/m0/s1. The molecule has 1 amide bonds. The molecule has 0 aliphatic rings. The van der Waals surface area contributed by atoms with Crippen LogP contribution in [0.2, 0.25) is 0 Å². The Balaban J connectivity index is 1.99. The topological polar surface area (TPSA) is 38.3 Å². The summed E-state index contributed by atoms with van der Waals surface area (Å²) >= 11 is 6.80. The second kappa shape index (κ2) is 7.79. The summed E-state index contributed by atoms with van der Waals surface area (Å²) in [6.07, 6.45) is 0.383. The largest absolute Gasteiger partial charge is 0.480 e. The number of nitrogens with one attached hydrogen (secondary N) is 1. The minimum atomic E-state index is -0.594. The van der Waals surface area contributed by atoms with E-state index in [1.807, 2.05) is 42.5 Å². The zero-order chi connectivity index (χ0) is 16.1. The van der Waals surface area contributed by atoms with E-state index in [4.69, 9.17) is 4.74 Å². The number of halogens is 2. The van der Waals surface area contributed by atoms with Gasteiger partial charge >= 0.3 is 0 Å². The van der Waals surface area contributed by atoms with Crippen molar-refractivity contribution in [1.29, 1.82) is 0 Å². The van der Waals surface area contributed by atoms with Gasteiger partial charge in [0.1, 0.15) is 5.75 Å². The third kappa shape index (κ3) is 4.58. The third-order valence-corrected chi connectivity index (χ3v) is 4.31. The Hall–Kier alpha value is -1.33. The molecule has 0 saturated heterocycles. The van der Waals surface area contributed by atoms with E-state index in [0.29, 0.717) is 5.75 Å². The molecule has 0 aliphatic heterocycles. The number of ether oxygens (including phenoxy) is 1. The fraction of sp³-hybridized carbons (Fsp3) is 0.235. The first-order valence-corrected chi connectivity index (χ1v) is 8.59. The summed E-state index contributed by atoms with van der Waals surface area (Å²) in [6, 6.07) is 13.4. The highest BCUT2D eigenvalue weighted by molar-refractivity contribution is 9.11. The molecule has 0 fully saturated rings. The van der Waals surface area contributed by atoms with Gasteiger partial charge in [0, 0.05) is 10.2 Å². The molecule has 0 unspecified atom stereocenters. The highest BCUT2D eigenvalue weighted by Gasteiger charge is 2.16. The van der Waals surface area contributed by atoms with E-state index in [-0.39, 0.29) is 5.91 Å². The van der Waals surface area contributed by atoms with E-state index in [2.05, 4.69) is 44.1 Å². The SMILES string of the molecule is CCc1ccc(NC(=O)[C@H](C)Oc2ccc(Br)cc2Br)cc1. The molecule has 0 aromatic heterocycles. The average Bonchev–Trinajstić information content (AvgIpc) is 2.50. The van der Waals surface area contributed by atoms with Gasteiger partial charge < -0.3 is 10.1 Å². The molecule has 2 aromatic rings. The Bertz CT molecular complexity index is 656. The van der Waals surface area contributed by atoms with Gasteiger partial charge in [0.25, 0.3) is 5.91 Å². The number of hydrogen-bond donors (Lipinski definition) is 1. The van der Waals surface area contributed by atoms with Crippen molar-refractivity contribution in [2.75, 3.05) is 5.32 Å². The fourth-order valence-electron chi connectivity index (χ4n) is 1.88. The number of carbonyl (C=O) groups is 1. The molecule has 0 spiro atoms. The summed E-state index contributed by atoms with van der Waals surface area (Å²) < 4.78 is 7.44. The molecule has 22 heavy (non-hydrogen) atoms. The van der Waals surface area contributed by atoms with Crippen LogP contribution in [0.5, 0.6) is 5.75 Å². The highest BCUT2D eigenvalue weighted by atomic mass is 79.9. The highest BCUT2D eigenvalue weighted by Crippen LogP contribution is 2.29. The molecule has 116 valence electrons. The average molecular weight is 427 g/mol. The van der Waals surface area contributed by atoms with Crippen molar-refractivity contribution < 1.29 is 9.53 Å². The molecule has 3 nitrogen and oxygen atoms in total. The van der Waals surface area contributed by atoms with Crippen LogP contribution >= 0.6 is 31.9 Å². The first-order valence-electron chi connectivity index (χ1n) is 7.01. The Labute approximate surface area is 147 Å². The Kier molecular flexibility index (Phi) is 6.03. The number of carbonyl (C=O) groups excluding carboxylic acids is 1. The van der Waals surface area contributed by atoms with Crippen molar-refractivity contribution in [3.8, 4) is 5.75 Å². The van der Waals surface area contributed by atoms with Crippen LogP contribution in [0.25, 0.3) is 0 Å². The van der Waals surface area contributed by atoms with Gasteiger partial charge in [-0.1, -0.05) is 35.0 Å². The molecule has 1 atom stereocenters. The maximum atomic E-state index is 12.2. The minimum absolute atomic E-state index is 0.181. The van der Waals surface area contributed by atoms with Gasteiger partial charge in [-0.2, -0.15) is 0 Å². The normalized spacial score (nSPS) is 11.8. The second-order valence-electron chi connectivity index (χ2n) is 4.87. The molecule has 0 aliphatic carbocycles. The fourth-order valence-corrected chi connectivity index (χ4v) is 3.02. The van der Waals surface area contributed by atoms with E-state index in [1.54, 1.807) is 6.92 Å². The third-order valence-electron chi connectivity index (χ3n) is 3.20. The second-order valence-corrected chi connectivity index (χ2v) is 6.64. The summed E-state index contributed by atoms with van der Waals surface area (Å²) in [4.78, 5) is 12.2. The van der Waals surface area contributed by atoms with E-state index in [1.165, 1.54) is 5.56 Å². The van der Waals surface area contributed by atoms with Gasteiger partial charge in [-0.25, -0.2) is 0 Å². The lowest BCUT2D eigenvalue weighted by molar-refractivity contribution is -0.122. The van der Waals surface area contributed by atoms with Crippen LogP contribution in [-0.2, 0) is 11.2 Å². The van der Waals surface area contributed by atoms with Gasteiger partial charge in [-0.15, -0.1) is 0 Å². The van der Waals surface area contributed by atoms with Gasteiger partial charge in [0.05, 0.1) is 4.47 Å². The molecule has 2 rings (SSSR count). The number of hydrogen-bond acceptors (Lipinski definition) is 2. The lowest BCUT2D eigenvalue weighted by Gasteiger charge is -2.16. The van der Waals surface area contributed by atoms with Crippen molar-refractivity contribution in [3.63, 3.8) is 0 Å². The van der Waals surface area contributed by atoms with Crippen molar-refractivity contribution in [3.05, 3.63) is 57.0 Å². The zero-order valence-corrected chi connectivity index (χ0v) is 15.6. The predicted octanol–water partition coefficient (Wildman–Crippen LogP) is 5.18. The monoisotopic (exact) mass is 425 g/mol. The van der Waals surface area contributed by atoms with E-state index in [9.17, 15) is 4.79 Å². The first-order chi connectivity index (χ1) is 10.5. The van der Waals surface area contributed by atoms with Crippen LogP contribution in [0, 0.1) is 0 Å². The number of benzene rings is 2. The summed E-state index contributed by atoms with van der Waals surface area (Å²) in [7, 11) is 0. The summed E-state index contributed by atoms with van der Waals surface area (Å²) in [5, 5.41) is 2.86. The summed E-state index contributed by atoms with van der Waals surface area (Å²) in [5.74, 6) is 0.450. The summed E-state index contributed by atoms with van der Waals surface area (Å²) in [6.45, 7) is 3.82. The number of rotatable bonds is 5. The molecule has 0 bridgehead atoms. The van der Waals surface area contributed by atoms with Crippen LogP contribution in [-0.4, -0.2) is 12.0 Å². The molecule has 0 heterocycles. The maximum Gasteiger partial charge on any atom is 0.265 e. The van der Waals surface area contributed by atoms with Crippen molar-refractivity contribution >= 4 is 43.5 Å². The van der Waals surface area contributed by atoms with E-state index < -0.39 is 6.10 Å². The molecular weight excluding hydrogens is 410 g/mol. The van der Waals surface area contributed by atoms with Gasteiger partial charge in [-0.3, -0.25) is 4.79 Å². The number of aryl methyl sites for hydroxylation is 1. The Morgan fingerprint density at radius 2 is 1.86 bits per heavy atom. The summed E-state index contributed by atoms with van der Waals surface area (Å²) in [5.41, 5.74) is 2.01. The molecule has 0 saturated carbocycles. The smallest absolute Gasteiger partial charge is 0.265 e. The maximum absolute atomic E-state index is 12.2. The van der Waals surface area contributed by atoms with Crippen molar-refractivity contribution in [1.82, 2.24) is 0 Å². The number of amides is 1. The van der Waals surface area contributed by atoms with Crippen molar-refractivity contribution in [2.45, 2.75) is 26.4 Å². The quantitative estimate of drug-likeness (QED) is 0.715. The molecule has 2 aromatic carbocycles. The first kappa shape index (κ1) is 17.0. The Morgan fingerprint density at radius 1 is 1.18 bits per heavy atom. The van der Waals surface area contributed by atoms with Gasteiger partial charge in [0.15, 0.2) is 6.10 Å². The van der Waals surface area contributed by atoms with Crippen LogP contribution in [0.3, 0.4) is 0 Å². The van der Waals surface area contributed by atoms with Gasteiger partial charge in [0.2, 0.25) is 0 Å². The molecule has 0 radical (unpaired) electrons. The van der Waals surface area contributed by atoms with Crippen LogP contribution in [0.15, 0.2) is 51.4 Å². The van der Waals surface area contributed by atoms with Gasteiger partial charge in [-0.05, 0) is 65.2 Å². The van der Waals surface area contributed by atoms with Crippen LogP contribution in [0.4, 0.5) is 5.69 Å². The van der Waals surface area contributed by atoms with Crippen LogP contribution < -0.4 is 10.1 Å². The van der Waals surface area contributed by atoms with E-state index >= 15 is 0 Å². The lowest BCUT2D eigenvalue weighted by Crippen LogP contribution is -2.30.